The standard InChI is InChI=1S/C44H28N2OS/c1-27-10-9-15-32-33-23-24-38-41(34-13-5-7-16-37(34)45(38)30-11-3-2-4-12-30)43(33)46(42(27)32)31-21-18-28(19-22-31)29-20-25-40-36(26-29)44(47)35-14-6-8-17-39(35)48-40/h2-26H,1H3. The number of aryl methyl sites for hydroxylation is 1. The van der Waals surface area contributed by atoms with Crippen molar-refractivity contribution >= 4 is 75.1 Å². The van der Waals surface area contributed by atoms with Gasteiger partial charge in [-0.2, -0.15) is 0 Å². The SMILES string of the molecule is Cc1cccc2c3ccc4c(c5ccccc5n4-c4ccccc4)c3n(-c3ccc(-c4ccc5sc6ccccc6c(=O)c5c4)cc3)c12. The Bertz CT molecular complexity index is 2960. The number of nitrogens with zero attached hydrogens (tertiary/aromatic N) is 2. The molecule has 0 amide bonds. The van der Waals surface area contributed by atoms with Crippen LogP contribution in [0.3, 0.4) is 0 Å². The zero-order valence-corrected chi connectivity index (χ0v) is 27.0. The number of rotatable bonds is 3. The third-order valence-electron chi connectivity index (χ3n) is 9.84. The van der Waals surface area contributed by atoms with Gasteiger partial charge in [0.1, 0.15) is 0 Å². The van der Waals surface area contributed by atoms with Crippen molar-refractivity contribution in [3.63, 3.8) is 0 Å². The highest BCUT2D eigenvalue weighted by Crippen LogP contribution is 2.43. The Morgan fingerprint density at radius 3 is 1.98 bits per heavy atom. The molecule has 4 heteroatoms. The molecule has 0 atom stereocenters. The van der Waals surface area contributed by atoms with E-state index in [-0.39, 0.29) is 5.43 Å². The van der Waals surface area contributed by atoms with Crippen LogP contribution in [0.2, 0.25) is 0 Å². The molecule has 0 N–H and O–H groups in total. The second kappa shape index (κ2) is 10.3. The minimum absolute atomic E-state index is 0.0947. The number of para-hydroxylation sites is 3. The molecule has 0 aliphatic carbocycles. The molecule has 0 fully saturated rings. The Morgan fingerprint density at radius 1 is 0.458 bits per heavy atom. The molecule has 0 unspecified atom stereocenters. The highest BCUT2D eigenvalue weighted by molar-refractivity contribution is 7.24. The zero-order valence-electron chi connectivity index (χ0n) is 26.1. The monoisotopic (exact) mass is 632 g/mol. The lowest BCUT2D eigenvalue weighted by Crippen LogP contribution is -2.00. The molecule has 0 radical (unpaired) electrons. The Hall–Kier alpha value is -5.97. The molecule has 48 heavy (non-hydrogen) atoms. The van der Waals surface area contributed by atoms with Crippen LogP contribution in [0.5, 0.6) is 0 Å². The summed E-state index contributed by atoms with van der Waals surface area (Å²) in [5.41, 5.74) is 10.5. The first-order valence-electron chi connectivity index (χ1n) is 16.2. The van der Waals surface area contributed by atoms with Crippen molar-refractivity contribution in [1.82, 2.24) is 9.13 Å². The predicted octanol–water partition coefficient (Wildman–Crippen LogP) is 11.6. The Morgan fingerprint density at radius 2 is 1.12 bits per heavy atom. The van der Waals surface area contributed by atoms with Crippen molar-refractivity contribution in [3.8, 4) is 22.5 Å². The van der Waals surface area contributed by atoms with E-state index in [1.165, 1.54) is 49.2 Å². The maximum Gasteiger partial charge on any atom is 0.195 e. The molecule has 0 spiro atoms. The average molecular weight is 633 g/mol. The highest BCUT2D eigenvalue weighted by Gasteiger charge is 2.21. The molecule has 3 aromatic heterocycles. The molecule has 7 aromatic carbocycles. The first-order chi connectivity index (χ1) is 23.7. The molecule has 10 rings (SSSR count). The smallest absolute Gasteiger partial charge is 0.195 e. The van der Waals surface area contributed by atoms with Crippen LogP contribution >= 0.6 is 11.3 Å². The summed E-state index contributed by atoms with van der Waals surface area (Å²) in [6.45, 7) is 2.21. The van der Waals surface area contributed by atoms with Crippen LogP contribution in [-0.2, 0) is 0 Å². The molecule has 226 valence electrons. The zero-order chi connectivity index (χ0) is 31.9. The van der Waals surface area contributed by atoms with E-state index in [0.717, 1.165) is 42.7 Å². The Labute approximate surface area is 280 Å². The van der Waals surface area contributed by atoms with Crippen molar-refractivity contribution < 1.29 is 0 Å². The fourth-order valence-electron chi connectivity index (χ4n) is 7.68. The molecule has 3 nitrogen and oxygen atoms in total. The van der Waals surface area contributed by atoms with Crippen LogP contribution in [0.15, 0.2) is 156 Å². The lowest BCUT2D eigenvalue weighted by Gasteiger charge is -2.12. The molecule has 10 aromatic rings. The second-order valence-corrected chi connectivity index (χ2v) is 13.6. The first-order valence-corrected chi connectivity index (χ1v) is 17.0. The normalized spacial score (nSPS) is 11.9. The van der Waals surface area contributed by atoms with Gasteiger partial charge in [-0.3, -0.25) is 4.79 Å². The van der Waals surface area contributed by atoms with Crippen LogP contribution in [0, 0.1) is 6.92 Å². The van der Waals surface area contributed by atoms with E-state index in [4.69, 9.17) is 0 Å². The van der Waals surface area contributed by atoms with Crippen molar-refractivity contribution in [1.29, 1.82) is 0 Å². The lowest BCUT2D eigenvalue weighted by molar-refractivity contribution is 1.17. The number of fused-ring (bicyclic) bond motifs is 9. The van der Waals surface area contributed by atoms with E-state index >= 15 is 0 Å². The summed E-state index contributed by atoms with van der Waals surface area (Å²) >= 11 is 1.67. The minimum atomic E-state index is 0.0947. The van der Waals surface area contributed by atoms with Gasteiger partial charge < -0.3 is 9.13 Å². The molecule has 0 saturated carbocycles. The van der Waals surface area contributed by atoms with Gasteiger partial charge in [-0.25, -0.2) is 0 Å². The van der Waals surface area contributed by atoms with Gasteiger partial charge in [0, 0.05) is 53.1 Å². The molecule has 0 aliphatic rings. The van der Waals surface area contributed by atoms with Crippen LogP contribution in [0.4, 0.5) is 0 Å². The summed E-state index contributed by atoms with van der Waals surface area (Å²) in [7, 11) is 0. The molecule has 3 heterocycles. The van der Waals surface area contributed by atoms with Gasteiger partial charge in [0.05, 0.1) is 22.1 Å². The van der Waals surface area contributed by atoms with Crippen molar-refractivity contribution in [2.45, 2.75) is 6.92 Å². The van der Waals surface area contributed by atoms with Crippen molar-refractivity contribution in [3.05, 3.63) is 167 Å². The van der Waals surface area contributed by atoms with E-state index in [1.54, 1.807) is 11.3 Å². The topological polar surface area (TPSA) is 26.9 Å². The van der Waals surface area contributed by atoms with Crippen LogP contribution in [0.25, 0.3) is 86.3 Å². The third-order valence-corrected chi connectivity index (χ3v) is 11.0. The van der Waals surface area contributed by atoms with Crippen LogP contribution in [0.1, 0.15) is 5.56 Å². The molecular weight excluding hydrogens is 605 g/mol. The maximum absolute atomic E-state index is 13.5. The van der Waals surface area contributed by atoms with Gasteiger partial charge in [-0.1, -0.05) is 91.0 Å². The van der Waals surface area contributed by atoms with Crippen LogP contribution in [-0.4, -0.2) is 9.13 Å². The fraction of sp³-hybridized carbons (Fsp3) is 0.0227. The summed E-state index contributed by atoms with van der Waals surface area (Å²) in [6, 6.07) is 53.6. The molecule has 0 aliphatic heterocycles. The Balaban J connectivity index is 1.22. The number of benzene rings is 7. The predicted molar refractivity (Wildman–Crippen MR) is 204 cm³/mol. The summed E-state index contributed by atoms with van der Waals surface area (Å²) in [6.07, 6.45) is 0. The summed E-state index contributed by atoms with van der Waals surface area (Å²) in [4.78, 5) is 13.5. The van der Waals surface area contributed by atoms with Gasteiger partial charge in [0.25, 0.3) is 0 Å². The molecular formula is C44H28N2OS. The summed E-state index contributed by atoms with van der Waals surface area (Å²) in [5.74, 6) is 0. The second-order valence-electron chi connectivity index (χ2n) is 12.5. The lowest BCUT2D eigenvalue weighted by atomic mass is 10.0. The summed E-state index contributed by atoms with van der Waals surface area (Å²) < 4.78 is 6.88. The Kier molecular flexibility index (Phi) is 5.81. The van der Waals surface area contributed by atoms with Crippen molar-refractivity contribution in [2.75, 3.05) is 0 Å². The number of aromatic nitrogens is 2. The number of hydrogen-bond acceptors (Lipinski definition) is 2. The van der Waals surface area contributed by atoms with Crippen LogP contribution < -0.4 is 5.43 Å². The quantitative estimate of drug-likeness (QED) is 0.178. The van der Waals surface area contributed by atoms with E-state index in [0.29, 0.717) is 0 Å². The van der Waals surface area contributed by atoms with E-state index < -0.39 is 0 Å². The first kappa shape index (κ1) is 27.2. The molecule has 0 bridgehead atoms. The maximum atomic E-state index is 13.5. The van der Waals surface area contributed by atoms with Gasteiger partial charge in [-0.15, -0.1) is 11.3 Å². The van der Waals surface area contributed by atoms with Gasteiger partial charge in [-0.05, 0) is 84.3 Å². The van der Waals surface area contributed by atoms with E-state index in [1.807, 2.05) is 24.3 Å². The largest absolute Gasteiger partial charge is 0.309 e. The fourth-order valence-corrected chi connectivity index (χ4v) is 8.73. The minimum Gasteiger partial charge on any atom is -0.309 e. The van der Waals surface area contributed by atoms with E-state index in [9.17, 15) is 4.79 Å². The third kappa shape index (κ3) is 3.84. The van der Waals surface area contributed by atoms with Gasteiger partial charge >= 0.3 is 0 Å². The van der Waals surface area contributed by atoms with Gasteiger partial charge in [0.2, 0.25) is 0 Å². The summed E-state index contributed by atoms with van der Waals surface area (Å²) in [5, 5.41) is 6.53. The number of hydrogen-bond donors (Lipinski definition) is 0. The molecule has 0 saturated heterocycles. The highest BCUT2D eigenvalue weighted by atomic mass is 32.1. The average Bonchev–Trinajstić information content (AvgIpc) is 3.66. The van der Waals surface area contributed by atoms with Crippen molar-refractivity contribution in [2.24, 2.45) is 0 Å². The van der Waals surface area contributed by atoms with E-state index in [2.05, 4.69) is 143 Å². The van der Waals surface area contributed by atoms with Gasteiger partial charge in [0.15, 0.2) is 5.43 Å².